The minimum absolute atomic E-state index is 0.163. The minimum Gasteiger partial charge on any atom is -0.489 e. The molecule has 3 aromatic rings. The quantitative estimate of drug-likeness (QED) is 0.784. The summed E-state index contributed by atoms with van der Waals surface area (Å²) in [7, 11) is 0. The second-order valence-electron chi connectivity index (χ2n) is 5.00. The van der Waals surface area contributed by atoms with Crippen LogP contribution in [0.4, 0.5) is 0 Å². The fourth-order valence-corrected chi connectivity index (χ4v) is 2.06. The maximum Gasteiger partial charge on any atom is 0.251 e. The van der Waals surface area contributed by atoms with Crippen molar-refractivity contribution in [2.45, 2.75) is 6.61 Å². The van der Waals surface area contributed by atoms with Crippen LogP contribution in [0, 0.1) is 0 Å². The van der Waals surface area contributed by atoms with Crippen LogP contribution in [0.1, 0.15) is 17.0 Å². The summed E-state index contributed by atoms with van der Waals surface area (Å²) in [6, 6.07) is 19.2. The Morgan fingerprint density at radius 3 is 2.48 bits per heavy atom. The van der Waals surface area contributed by atoms with Gasteiger partial charge in [0.15, 0.2) is 0 Å². The molecule has 3 rings (SSSR count). The number of hydrogen-bond donors (Lipinski definition) is 1. The molecule has 0 aliphatic rings. The van der Waals surface area contributed by atoms with Gasteiger partial charge >= 0.3 is 0 Å². The van der Waals surface area contributed by atoms with Crippen LogP contribution in [0.2, 0.25) is 0 Å². The van der Waals surface area contributed by atoms with Crippen molar-refractivity contribution < 1.29 is 4.74 Å². The number of benzene rings is 2. The van der Waals surface area contributed by atoms with Crippen LogP contribution in [0.25, 0.3) is 12.2 Å². The number of aromatic nitrogens is 2. The van der Waals surface area contributed by atoms with Gasteiger partial charge in [-0.3, -0.25) is 4.79 Å². The van der Waals surface area contributed by atoms with E-state index in [1.54, 1.807) is 6.08 Å². The van der Waals surface area contributed by atoms with Crippen LogP contribution in [-0.2, 0) is 6.61 Å². The zero-order chi connectivity index (χ0) is 15.9. The maximum atomic E-state index is 11.2. The Morgan fingerprint density at radius 2 is 1.74 bits per heavy atom. The highest BCUT2D eigenvalue weighted by Crippen LogP contribution is 2.15. The van der Waals surface area contributed by atoms with Gasteiger partial charge in [0, 0.05) is 12.3 Å². The number of nitrogens with zero attached hydrogens (tertiary/aromatic N) is 1. The van der Waals surface area contributed by atoms with Gasteiger partial charge in [-0.2, -0.15) is 0 Å². The Bertz CT molecular complexity index is 837. The summed E-state index contributed by atoms with van der Waals surface area (Å²) < 4.78 is 5.74. The first-order valence-electron chi connectivity index (χ1n) is 7.30. The Hall–Kier alpha value is -3.14. The van der Waals surface area contributed by atoms with Gasteiger partial charge in [-0.15, -0.1) is 0 Å². The molecular weight excluding hydrogens is 288 g/mol. The Labute approximate surface area is 134 Å². The third kappa shape index (κ3) is 4.41. The number of rotatable bonds is 5. The molecule has 0 bridgehead atoms. The molecule has 0 aliphatic heterocycles. The van der Waals surface area contributed by atoms with E-state index in [-0.39, 0.29) is 5.56 Å². The topological polar surface area (TPSA) is 55.0 Å². The summed E-state index contributed by atoms with van der Waals surface area (Å²) in [5.74, 6) is 1.35. The molecular formula is C19H16N2O2. The molecule has 0 radical (unpaired) electrons. The first-order valence-corrected chi connectivity index (χ1v) is 7.30. The van der Waals surface area contributed by atoms with E-state index in [9.17, 15) is 4.79 Å². The predicted molar refractivity (Wildman–Crippen MR) is 91.0 cm³/mol. The van der Waals surface area contributed by atoms with E-state index < -0.39 is 0 Å². The van der Waals surface area contributed by atoms with Crippen molar-refractivity contribution in [2.24, 2.45) is 0 Å². The molecule has 2 aromatic carbocycles. The smallest absolute Gasteiger partial charge is 0.251 e. The zero-order valence-electron chi connectivity index (χ0n) is 12.5. The molecule has 0 saturated heterocycles. The van der Waals surface area contributed by atoms with Crippen molar-refractivity contribution in [3.8, 4) is 5.75 Å². The average molecular weight is 304 g/mol. The van der Waals surface area contributed by atoms with Crippen LogP contribution in [0.15, 0.2) is 71.7 Å². The number of nitrogens with one attached hydrogen (secondary N) is 1. The van der Waals surface area contributed by atoms with Crippen LogP contribution < -0.4 is 10.3 Å². The summed E-state index contributed by atoms with van der Waals surface area (Å²) in [6.45, 7) is 0.547. The molecule has 0 atom stereocenters. The van der Waals surface area contributed by atoms with Crippen molar-refractivity contribution in [3.63, 3.8) is 0 Å². The summed E-state index contributed by atoms with van der Waals surface area (Å²) in [6.07, 6.45) is 5.14. The molecule has 0 saturated carbocycles. The van der Waals surface area contributed by atoms with Crippen molar-refractivity contribution in [1.29, 1.82) is 0 Å². The van der Waals surface area contributed by atoms with Gasteiger partial charge in [0.1, 0.15) is 18.2 Å². The molecule has 0 fully saturated rings. The van der Waals surface area contributed by atoms with Crippen LogP contribution in [0.5, 0.6) is 5.75 Å². The molecule has 1 heterocycles. The molecule has 23 heavy (non-hydrogen) atoms. The van der Waals surface area contributed by atoms with E-state index in [1.807, 2.05) is 60.7 Å². The zero-order valence-corrected chi connectivity index (χ0v) is 12.5. The molecule has 0 unspecified atom stereocenters. The summed E-state index contributed by atoms with van der Waals surface area (Å²) in [5.41, 5.74) is 1.98. The lowest BCUT2D eigenvalue weighted by Gasteiger charge is -2.06. The highest BCUT2D eigenvalue weighted by molar-refractivity contribution is 5.66. The molecule has 114 valence electrons. The highest BCUT2D eigenvalue weighted by Gasteiger charge is 1.96. The lowest BCUT2D eigenvalue weighted by atomic mass is 10.2. The predicted octanol–water partition coefficient (Wildman–Crippen LogP) is 3.52. The van der Waals surface area contributed by atoms with Crippen molar-refractivity contribution >= 4 is 12.2 Å². The SMILES string of the molecule is O=c1ccnc(C=Cc2ccc(OCc3ccccc3)cc2)[nH]1. The Kier molecular flexibility index (Phi) is 4.64. The molecule has 1 aromatic heterocycles. The number of ether oxygens (including phenoxy) is 1. The summed E-state index contributed by atoms with van der Waals surface area (Å²) in [4.78, 5) is 17.9. The Morgan fingerprint density at radius 1 is 0.957 bits per heavy atom. The first-order chi connectivity index (χ1) is 11.3. The fraction of sp³-hybridized carbons (Fsp3) is 0.0526. The van der Waals surface area contributed by atoms with Crippen LogP contribution in [-0.4, -0.2) is 9.97 Å². The molecule has 0 spiro atoms. The van der Waals surface area contributed by atoms with Crippen molar-refractivity contribution in [1.82, 2.24) is 9.97 Å². The van der Waals surface area contributed by atoms with Gasteiger partial charge in [0.05, 0.1) is 0 Å². The molecule has 4 heteroatoms. The van der Waals surface area contributed by atoms with Crippen LogP contribution in [0.3, 0.4) is 0 Å². The second kappa shape index (κ2) is 7.22. The highest BCUT2D eigenvalue weighted by atomic mass is 16.5. The third-order valence-electron chi connectivity index (χ3n) is 3.25. The van der Waals surface area contributed by atoms with E-state index in [2.05, 4.69) is 9.97 Å². The lowest BCUT2D eigenvalue weighted by Crippen LogP contribution is -2.05. The molecule has 0 amide bonds. The van der Waals surface area contributed by atoms with Crippen molar-refractivity contribution in [2.75, 3.05) is 0 Å². The summed E-state index contributed by atoms with van der Waals surface area (Å²) >= 11 is 0. The lowest BCUT2D eigenvalue weighted by molar-refractivity contribution is 0.306. The molecule has 1 N–H and O–H groups in total. The van der Waals surface area contributed by atoms with Crippen LogP contribution >= 0.6 is 0 Å². The average Bonchev–Trinajstić information content (AvgIpc) is 2.60. The number of aromatic amines is 1. The monoisotopic (exact) mass is 304 g/mol. The van der Waals surface area contributed by atoms with Crippen molar-refractivity contribution in [3.05, 3.63) is 94.2 Å². The standard InChI is InChI=1S/C19H16N2O2/c22-19-12-13-20-18(21-19)11-8-15-6-9-17(10-7-15)23-14-16-4-2-1-3-5-16/h1-13H,14H2,(H,20,21,22). The van der Waals surface area contributed by atoms with Gasteiger partial charge in [-0.25, -0.2) is 4.98 Å². The normalized spacial score (nSPS) is 10.8. The number of hydrogen-bond acceptors (Lipinski definition) is 3. The van der Waals surface area contributed by atoms with E-state index in [4.69, 9.17) is 4.74 Å². The maximum absolute atomic E-state index is 11.2. The third-order valence-corrected chi connectivity index (χ3v) is 3.25. The summed E-state index contributed by atoms with van der Waals surface area (Å²) in [5, 5.41) is 0. The van der Waals surface area contributed by atoms with Gasteiger partial charge in [-0.05, 0) is 29.3 Å². The van der Waals surface area contributed by atoms with E-state index in [0.717, 1.165) is 16.9 Å². The largest absolute Gasteiger partial charge is 0.489 e. The molecule has 0 aliphatic carbocycles. The fourth-order valence-electron chi connectivity index (χ4n) is 2.06. The second-order valence-corrected chi connectivity index (χ2v) is 5.00. The number of H-pyrrole nitrogens is 1. The van der Waals surface area contributed by atoms with Gasteiger partial charge in [0.25, 0.3) is 5.56 Å². The molecule has 4 nitrogen and oxygen atoms in total. The van der Waals surface area contributed by atoms with Gasteiger partial charge < -0.3 is 9.72 Å². The van der Waals surface area contributed by atoms with Gasteiger partial charge in [0.2, 0.25) is 0 Å². The first kappa shape index (κ1) is 14.8. The van der Waals surface area contributed by atoms with E-state index in [0.29, 0.717) is 12.4 Å². The van der Waals surface area contributed by atoms with E-state index >= 15 is 0 Å². The Balaban J connectivity index is 1.62. The van der Waals surface area contributed by atoms with E-state index in [1.165, 1.54) is 12.3 Å². The van der Waals surface area contributed by atoms with Gasteiger partial charge in [-0.1, -0.05) is 48.5 Å². The minimum atomic E-state index is -0.163.